The first-order valence-electron chi connectivity index (χ1n) is 8.37. The van der Waals surface area contributed by atoms with Gasteiger partial charge >= 0.3 is 36.2 Å². The highest BCUT2D eigenvalue weighted by atomic mass is 19.4. The lowest BCUT2D eigenvalue weighted by molar-refractivity contribution is -0.274. The maximum atomic E-state index is 12.4. The molecule has 0 heterocycles. The van der Waals surface area contributed by atoms with Crippen molar-refractivity contribution in [1.29, 1.82) is 0 Å². The van der Waals surface area contributed by atoms with Crippen molar-refractivity contribution in [3.8, 4) is 0 Å². The topological polar surface area (TPSA) is 136 Å². The minimum Gasteiger partial charge on any atom is -0.478 e. The first-order chi connectivity index (χ1) is 15.5. The van der Waals surface area contributed by atoms with Crippen molar-refractivity contribution in [2.45, 2.75) is 24.9 Å². The number of aliphatic hydroxyl groups is 1. The molecule has 0 aromatic heterocycles. The number of esters is 3. The van der Waals surface area contributed by atoms with Gasteiger partial charge < -0.3 is 24.4 Å². The smallest absolute Gasteiger partial charge is 0.432 e. The van der Waals surface area contributed by atoms with E-state index in [1.54, 1.807) is 0 Å². The van der Waals surface area contributed by atoms with Gasteiger partial charge in [0.2, 0.25) is 6.17 Å². The number of hydrogen-bond acceptors (Lipinski definition) is 8. The zero-order valence-electron chi connectivity index (χ0n) is 17.9. The number of carbonyl (C=O) groups is 4. The Kier molecular flexibility index (Phi) is 23.5. The molecule has 0 amide bonds. The summed E-state index contributed by atoms with van der Waals surface area (Å²) < 4.78 is 83.4. The van der Waals surface area contributed by atoms with Gasteiger partial charge in [0, 0.05) is 24.3 Å². The number of aliphatic hydroxyl groups excluding tert-OH is 1. The van der Waals surface area contributed by atoms with E-state index in [0.717, 1.165) is 18.2 Å². The van der Waals surface area contributed by atoms with Crippen LogP contribution < -0.4 is 0 Å². The second kappa shape index (κ2) is 21.2. The maximum Gasteiger partial charge on any atom is 0.432 e. The maximum absolute atomic E-state index is 12.4. The van der Waals surface area contributed by atoms with Crippen LogP contribution in [0.15, 0.2) is 50.6 Å². The number of aliphatic carboxylic acids is 1. The van der Waals surface area contributed by atoms with Crippen LogP contribution >= 0.6 is 0 Å². The van der Waals surface area contributed by atoms with Crippen LogP contribution in [0, 0.1) is 0 Å². The quantitative estimate of drug-likeness (QED) is 0.208. The fourth-order valence-electron chi connectivity index (χ4n) is 0.850. The van der Waals surface area contributed by atoms with Gasteiger partial charge in [0.25, 0.3) is 0 Å². The Bertz CT molecular complexity index is 676. The van der Waals surface area contributed by atoms with Crippen molar-refractivity contribution in [3.63, 3.8) is 0 Å². The minimum absolute atomic E-state index is 0.0465. The average molecular weight is 510 g/mol. The highest BCUT2D eigenvalue weighted by Gasteiger charge is 2.49. The van der Waals surface area contributed by atoms with Crippen LogP contribution in [0.5, 0.6) is 0 Å². The monoisotopic (exact) mass is 510 g/mol. The molecule has 0 aromatic carbocycles. The van der Waals surface area contributed by atoms with Gasteiger partial charge in [-0.1, -0.05) is 26.3 Å². The van der Waals surface area contributed by atoms with Crippen LogP contribution in [-0.2, 0) is 33.4 Å². The molecule has 0 aliphatic carbocycles. The lowest BCUT2D eigenvalue weighted by Gasteiger charge is -2.20. The van der Waals surface area contributed by atoms with Gasteiger partial charge in [-0.05, 0) is 0 Å². The molecule has 1 unspecified atom stereocenters. The summed E-state index contributed by atoms with van der Waals surface area (Å²) >= 11 is 0. The molecule has 0 rings (SSSR count). The van der Waals surface area contributed by atoms with E-state index >= 15 is 0 Å². The molecule has 0 radical (unpaired) electrons. The van der Waals surface area contributed by atoms with E-state index in [2.05, 4.69) is 40.5 Å². The lowest BCUT2D eigenvalue weighted by atomic mass is 10.2. The van der Waals surface area contributed by atoms with E-state index < -0.39 is 48.8 Å². The highest BCUT2D eigenvalue weighted by molar-refractivity contribution is 5.81. The summed E-state index contributed by atoms with van der Waals surface area (Å²) in [5.74, 6) is -3.58. The Morgan fingerprint density at radius 1 is 0.882 bits per heavy atom. The molecule has 0 aromatic rings. The summed E-state index contributed by atoms with van der Waals surface area (Å²) in [6.07, 6.45) is -12.7. The summed E-state index contributed by atoms with van der Waals surface area (Å²) in [5, 5.41) is 15.7. The predicted molar refractivity (Wildman–Crippen MR) is 105 cm³/mol. The molecule has 0 aliphatic heterocycles. The number of carbonyl (C=O) groups excluding carboxylic acids is 3. The zero-order chi connectivity index (χ0) is 28.0. The predicted octanol–water partition coefficient (Wildman–Crippen LogP) is 2.91. The van der Waals surface area contributed by atoms with Crippen LogP contribution in [0.2, 0.25) is 0 Å². The number of alkyl halides is 6. The molecular weight excluding hydrogens is 486 g/mol. The van der Waals surface area contributed by atoms with Crippen LogP contribution in [-0.4, -0.2) is 72.9 Å². The summed E-state index contributed by atoms with van der Waals surface area (Å²) in [6.45, 7) is 11.9. The SMILES string of the molecule is C=CC(=O)O.C=CC(=O)OC.C=CC(=O)OC(F)(F)C(F)CC(F)(F)F.C=CC(=O)OCCO. The Balaban J connectivity index is -0.000000198. The highest BCUT2D eigenvalue weighted by Crippen LogP contribution is 2.32. The molecule has 0 saturated heterocycles. The summed E-state index contributed by atoms with van der Waals surface area (Å²) in [7, 11) is 1.31. The van der Waals surface area contributed by atoms with Crippen molar-refractivity contribution in [2.24, 2.45) is 0 Å². The molecule has 2 N–H and O–H groups in total. The average Bonchev–Trinajstić information content (AvgIpc) is 2.76. The number of halogens is 6. The van der Waals surface area contributed by atoms with Crippen LogP contribution in [0.25, 0.3) is 0 Å². The number of methoxy groups -OCH3 is 1. The first-order valence-corrected chi connectivity index (χ1v) is 8.37. The number of ether oxygens (including phenoxy) is 3. The Morgan fingerprint density at radius 2 is 1.29 bits per heavy atom. The van der Waals surface area contributed by atoms with E-state index in [1.807, 2.05) is 0 Å². The van der Waals surface area contributed by atoms with Crippen LogP contribution in [0.3, 0.4) is 0 Å². The second-order valence-corrected chi connectivity index (χ2v) is 4.84. The summed E-state index contributed by atoms with van der Waals surface area (Å²) in [4.78, 5) is 39.4. The molecule has 196 valence electrons. The molecule has 15 heteroatoms. The van der Waals surface area contributed by atoms with E-state index in [4.69, 9.17) is 10.2 Å². The summed E-state index contributed by atoms with van der Waals surface area (Å²) in [5.41, 5.74) is 0. The second-order valence-electron chi connectivity index (χ2n) is 4.84. The molecular formula is C19H24F6O9. The van der Waals surface area contributed by atoms with Crippen molar-refractivity contribution in [3.05, 3.63) is 50.6 Å². The molecule has 0 fully saturated rings. The van der Waals surface area contributed by atoms with E-state index in [1.165, 1.54) is 7.11 Å². The Morgan fingerprint density at radius 3 is 1.53 bits per heavy atom. The van der Waals surface area contributed by atoms with E-state index in [9.17, 15) is 45.5 Å². The number of carboxylic acid groups (broad SMARTS) is 1. The molecule has 0 saturated carbocycles. The standard InChI is InChI=1S/C7H6F6O2.C5H8O3.C4H6O2.C3H4O2/c1-2-5(14)15-7(12,13)4(8)3-6(9,10)11;1-2-5(7)8-4-3-6;1-3-4(5)6-2;1-2-3(4)5/h2,4H,1,3H2;2,6H,1,3-4H2;3H,1H2,2H3;2H,1H2,(H,4,5). The number of rotatable bonds is 9. The van der Waals surface area contributed by atoms with Gasteiger partial charge in [-0.3, -0.25) is 0 Å². The molecule has 0 spiro atoms. The molecule has 9 nitrogen and oxygen atoms in total. The zero-order valence-corrected chi connectivity index (χ0v) is 17.9. The van der Waals surface area contributed by atoms with Gasteiger partial charge in [0.1, 0.15) is 6.61 Å². The van der Waals surface area contributed by atoms with Gasteiger partial charge in [-0.2, -0.15) is 22.0 Å². The third-order valence-corrected chi connectivity index (χ3v) is 2.22. The van der Waals surface area contributed by atoms with Crippen molar-refractivity contribution >= 4 is 23.9 Å². The van der Waals surface area contributed by atoms with Crippen molar-refractivity contribution in [2.75, 3.05) is 20.3 Å². The van der Waals surface area contributed by atoms with Crippen LogP contribution in [0.4, 0.5) is 26.3 Å². The third-order valence-electron chi connectivity index (χ3n) is 2.22. The van der Waals surface area contributed by atoms with Gasteiger partial charge in [0.15, 0.2) is 0 Å². The van der Waals surface area contributed by atoms with Crippen molar-refractivity contribution in [1.82, 2.24) is 0 Å². The fourth-order valence-corrected chi connectivity index (χ4v) is 0.850. The lowest BCUT2D eigenvalue weighted by Crippen LogP contribution is -2.38. The molecule has 1 atom stereocenters. The summed E-state index contributed by atoms with van der Waals surface area (Å²) in [6, 6.07) is 0. The van der Waals surface area contributed by atoms with Gasteiger partial charge in [-0.25, -0.2) is 23.6 Å². The van der Waals surface area contributed by atoms with Gasteiger partial charge in [0.05, 0.1) is 20.1 Å². The Labute approximate surface area is 190 Å². The van der Waals surface area contributed by atoms with Gasteiger partial charge in [-0.15, -0.1) is 0 Å². The van der Waals surface area contributed by atoms with E-state index in [-0.39, 0.29) is 19.3 Å². The van der Waals surface area contributed by atoms with Crippen LogP contribution in [0.1, 0.15) is 6.42 Å². The molecule has 34 heavy (non-hydrogen) atoms. The first kappa shape index (κ1) is 37.7. The number of hydrogen-bond donors (Lipinski definition) is 2. The van der Waals surface area contributed by atoms with E-state index in [0.29, 0.717) is 0 Å². The Hall–Kier alpha value is -3.62. The molecule has 0 aliphatic rings. The third kappa shape index (κ3) is 30.6. The van der Waals surface area contributed by atoms with Crippen molar-refractivity contribution < 1.29 is 69.9 Å². The largest absolute Gasteiger partial charge is 0.478 e. The number of carboxylic acids is 1. The minimum atomic E-state index is -5.11. The fraction of sp³-hybridized carbons (Fsp3) is 0.368. The molecule has 0 bridgehead atoms. The normalized spacial score (nSPS) is 10.5.